The van der Waals surface area contributed by atoms with Crippen LogP contribution >= 0.6 is 0 Å². The lowest BCUT2D eigenvalue weighted by molar-refractivity contribution is 1.09. The lowest BCUT2D eigenvalue weighted by atomic mass is 10.1. The van der Waals surface area contributed by atoms with Gasteiger partial charge >= 0.3 is 0 Å². The van der Waals surface area contributed by atoms with Crippen LogP contribution in [0.4, 0.5) is 0 Å². The quantitative estimate of drug-likeness (QED) is 0.709. The Kier molecular flexibility index (Phi) is 5.41. The van der Waals surface area contributed by atoms with Gasteiger partial charge in [0, 0.05) is 12.4 Å². The van der Waals surface area contributed by atoms with Crippen LogP contribution in [-0.2, 0) is 6.42 Å². The van der Waals surface area contributed by atoms with Crippen molar-refractivity contribution < 1.29 is 0 Å². The van der Waals surface area contributed by atoms with Crippen molar-refractivity contribution >= 4 is 0 Å². The molecular weight excluding hydrogens is 206 g/mol. The zero-order valence-corrected chi connectivity index (χ0v) is 11.2. The molecule has 0 saturated carbocycles. The number of rotatable bonds is 1. The summed E-state index contributed by atoms with van der Waals surface area (Å²) in [5, 5.41) is 0. The Morgan fingerprint density at radius 3 is 1.88 bits per heavy atom. The highest BCUT2D eigenvalue weighted by atomic mass is 14.6. The van der Waals surface area contributed by atoms with Crippen molar-refractivity contribution in [3.05, 3.63) is 65.0 Å². The van der Waals surface area contributed by atoms with Gasteiger partial charge in [0.2, 0.25) is 0 Å². The van der Waals surface area contributed by atoms with E-state index in [1.165, 1.54) is 22.3 Å². The number of aromatic nitrogens is 1. The molecule has 1 aromatic carbocycles. The van der Waals surface area contributed by atoms with Gasteiger partial charge in [0.1, 0.15) is 0 Å². The van der Waals surface area contributed by atoms with Crippen molar-refractivity contribution in [3.8, 4) is 0 Å². The van der Waals surface area contributed by atoms with Gasteiger partial charge in [-0.1, -0.05) is 37.3 Å². The van der Waals surface area contributed by atoms with Crippen LogP contribution in [0.5, 0.6) is 0 Å². The summed E-state index contributed by atoms with van der Waals surface area (Å²) < 4.78 is 0. The molecule has 1 heterocycles. The van der Waals surface area contributed by atoms with Crippen LogP contribution in [0.25, 0.3) is 0 Å². The Balaban J connectivity index is 0.000000171. The van der Waals surface area contributed by atoms with E-state index in [2.05, 4.69) is 63.0 Å². The molecule has 0 fully saturated rings. The molecule has 0 radical (unpaired) electrons. The van der Waals surface area contributed by atoms with Gasteiger partial charge in [0.05, 0.1) is 0 Å². The van der Waals surface area contributed by atoms with E-state index in [-0.39, 0.29) is 0 Å². The highest BCUT2D eigenvalue weighted by Crippen LogP contribution is 2.02. The minimum absolute atomic E-state index is 1.08. The smallest absolute Gasteiger partial charge is 0.0299 e. The molecule has 0 N–H and O–H groups in total. The highest BCUT2D eigenvalue weighted by molar-refractivity contribution is 5.23. The molecule has 0 amide bonds. The normalized spacial score (nSPS) is 9.41. The zero-order valence-electron chi connectivity index (χ0n) is 11.2. The summed E-state index contributed by atoms with van der Waals surface area (Å²) in [4.78, 5) is 4.06. The summed E-state index contributed by atoms with van der Waals surface area (Å²) >= 11 is 0. The van der Waals surface area contributed by atoms with Gasteiger partial charge in [-0.25, -0.2) is 0 Å². The van der Waals surface area contributed by atoms with Crippen molar-refractivity contribution in [2.24, 2.45) is 0 Å². The van der Waals surface area contributed by atoms with E-state index in [0.717, 1.165) is 6.42 Å². The predicted molar refractivity (Wildman–Crippen MR) is 74.3 cm³/mol. The highest BCUT2D eigenvalue weighted by Gasteiger charge is 1.87. The molecule has 90 valence electrons. The summed E-state index contributed by atoms with van der Waals surface area (Å²) in [6.07, 6.45) is 4.86. The van der Waals surface area contributed by atoms with E-state index in [9.17, 15) is 0 Å². The molecule has 0 unspecified atom stereocenters. The molecule has 0 bridgehead atoms. The van der Waals surface area contributed by atoms with Crippen molar-refractivity contribution in [2.45, 2.75) is 34.1 Å². The molecule has 1 heteroatoms. The number of pyridine rings is 1. The molecule has 0 atom stereocenters. The van der Waals surface area contributed by atoms with E-state index >= 15 is 0 Å². The first-order valence-electron chi connectivity index (χ1n) is 6.06. The SMILES string of the molecule is CCc1cncc(C)c1.Cc1ccccc1C. The van der Waals surface area contributed by atoms with Crippen LogP contribution in [0.3, 0.4) is 0 Å². The first-order chi connectivity index (χ1) is 8.13. The number of aryl methyl sites for hydroxylation is 4. The fraction of sp³-hybridized carbons (Fsp3) is 0.312. The average Bonchev–Trinajstić information content (AvgIpc) is 2.34. The van der Waals surface area contributed by atoms with Crippen LogP contribution in [-0.4, -0.2) is 4.98 Å². The molecule has 0 saturated heterocycles. The van der Waals surface area contributed by atoms with Crippen molar-refractivity contribution in [1.82, 2.24) is 4.98 Å². The molecule has 2 aromatic rings. The molecule has 0 aliphatic heterocycles. The number of hydrogen-bond acceptors (Lipinski definition) is 1. The second-order valence-electron chi connectivity index (χ2n) is 4.31. The van der Waals surface area contributed by atoms with Crippen LogP contribution in [0.1, 0.15) is 29.2 Å². The van der Waals surface area contributed by atoms with Crippen LogP contribution in [0, 0.1) is 20.8 Å². The van der Waals surface area contributed by atoms with Gasteiger partial charge in [-0.05, 0) is 49.4 Å². The second-order valence-corrected chi connectivity index (χ2v) is 4.31. The number of hydrogen-bond donors (Lipinski definition) is 0. The van der Waals surface area contributed by atoms with Gasteiger partial charge in [0.25, 0.3) is 0 Å². The third-order valence-corrected chi connectivity index (χ3v) is 2.77. The topological polar surface area (TPSA) is 12.9 Å². The minimum Gasteiger partial charge on any atom is -0.264 e. The monoisotopic (exact) mass is 227 g/mol. The summed E-state index contributed by atoms with van der Waals surface area (Å²) in [5.41, 5.74) is 5.30. The average molecular weight is 227 g/mol. The van der Waals surface area contributed by atoms with Gasteiger partial charge < -0.3 is 0 Å². The largest absolute Gasteiger partial charge is 0.264 e. The van der Waals surface area contributed by atoms with Crippen LogP contribution in [0.15, 0.2) is 42.7 Å². The fourth-order valence-corrected chi connectivity index (χ4v) is 1.47. The van der Waals surface area contributed by atoms with E-state index < -0.39 is 0 Å². The second kappa shape index (κ2) is 6.85. The van der Waals surface area contributed by atoms with Crippen molar-refractivity contribution in [1.29, 1.82) is 0 Å². The first kappa shape index (κ1) is 13.4. The third-order valence-electron chi connectivity index (χ3n) is 2.77. The molecule has 2 rings (SSSR count). The summed E-state index contributed by atoms with van der Waals surface area (Å²) in [6, 6.07) is 10.5. The van der Waals surface area contributed by atoms with E-state index in [1.807, 2.05) is 12.4 Å². The lowest BCUT2D eigenvalue weighted by Gasteiger charge is -1.94. The summed E-state index contributed by atoms with van der Waals surface area (Å²) in [7, 11) is 0. The molecule has 1 nitrogen and oxygen atoms in total. The molecule has 0 spiro atoms. The Bertz CT molecular complexity index is 440. The van der Waals surface area contributed by atoms with E-state index in [0.29, 0.717) is 0 Å². The fourth-order valence-electron chi connectivity index (χ4n) is 1.47. The van der Waals surface area contributed by atoms with Crippen LogP contribution in [0.2, 0.25) is 0 Å². The van der Waals surface area contributed by atoms with E-state index in [4.69, 9.17) is 0 Å². The third kappa shape index (κ3) is 4.81. The molecule has 1 aromatic heterocycles. The Labute approximate surface area is 105 Å². The molecule has 0 aliphatic rings. The summed E-state index contributed by atoms with van der Waals surface area (Å²) in [5.74, 6) is 0. The number of benzene rings is 1. The summed E-state index contributed by atoms with van der Waals surface area (Å²) in [6.45, 7) is 8.44. The van der Waals surface area contributed by atoms with Gasteiger partial charge in [0.15, 0.2) is 0 Å². The molecule has 17 heavy (non-hydrogen) atoms. The number of nitrogens with zero attached hydrogens (tertiary/aromatic N) is 1. The lowest BCUT2D eigenvalue weighted by Crippen LogP contribution is -1.82. The Morgan fingerprint density at radius 1 is 0.941 bits per heavy atom. The molecule has 0 aliphatic carbocycles. The van der Waals surface area contributed by atoms with E-state index in [1.54, 1.807) is 0 Å². The Morgan fingerprint density at radius 2 is 1.53 bits per heavy atom. The van der Waals surface area contributed by atoms with Gasteiger partial charge in [-0.3, -0.25) is 4.98 Å². The standard InChI is InChI=1S/C8H11N.C8H10/c1-3-8-4-7(2)5-9-6-8;1-7-5-3-4-6-8(7)2/h4-6H,3H2,1-2H3;3-6H,1-2H3. The van der Waals surface area contributed by atoms with Crippen molar-refractivity contribution in [2.75, 3.05) is 0 Å². The van der Waals surface area contributed by atoms with Crippen molar-refractivity contribution in [3.63, 3.8) is 0 Å². The predicted octanol–water partition coefficient (Wildman–Crippen LogP) is 4.26. The molecular formula is C16H21N. The maximum Gasteiger partial charge on any atom is 0.0299 e. The zero-order chi connectivity index (χ0) is 12.7. The van der Waals surface area contributed by atoms with Crippen LogP contribution < -0.4 is 0 Å². The Hall–Kier alpha value is -1.63. The maximum atomic E-state index is 4.06. The first-order valence-corrected chi connectivity index (χ1v) is 6.06. The van der Waals surface area contributed by atoms with Gasteiger partial charge in [-0.2, -0.15) is 0 Å². The minimum atomic E-state index is 1.08. The maximum absolute atomic E-state index is 4.06. The van der Waals surface area contributed by atoms with Gasteiger partial charge in [-0.15, -0.1) is 0 Å².